The number of aryl methyl sites for hydroxylation is 1. The molecule has 0 atom stereocenters. The van der Waals surface area contributed by atoms with Crippen LogP contribution in [0.1, 0.15) is 57.0 Å². The molecule has 2 aromatic heterocycles. The van der Waals surface area contributed by atoms with E-state index in [-0.39, 0.29) is 16.9 Å². The second kappa shape index (κ2) is 9.64. The van der Waals surface area contributed by atoms with Crippen LogP contribution in [0.2, 0.25) is 0 Å². The number of ether oxygens (including phenoxy) is 1. The van der Waals surface area contributed by atoms with Crippen LogP contribution in [0, 0.1) is 12.3 Å². The van der Waals surface area contributed by atoms with Gasteiger partial charge in [-0.1, -0.05) is 75.4 Å². The number of esters is 1. The van der Waals surface area contributed by atoms with E-state index in [1.165, 1.54) is 0 Å². The largest absolute Gasteiger partial charge is 0.423 e. The molecule has 0 aliphatic carbocycles. The molecule has 38 heavy (non-hydrogen) atoms. The van der Waals surface area contributed by atoms with Crippen LogP contribution in [0.4, 0.5) is 5.82 Å². The number of carbonyl (C=O) groups excluding carboxylic acids is 1. The monoisotopic (exact) mass is 505 g/mol. The number of fused-ring (bicyclic) bond motifs is 2. The maximum Gasteiger partial charge on any atom is 0.344 e. The Balaban J connectivity index is 1.53. The highest BCUT2D eigenvalue weighted by molar-refractivity contribution is 6.05. The zero-order valence-corrected chi connectivity index (χ0v) is 23.0. The lowest BCUT2D eigenvalue weighted by molar-refractivity contribution is 0.0737. The van der Waals surface area contributed by atoms with Gasteiger partial charge in [0.15, 0.2) is 0 Å². The minimum atomic E-state index is -0.380. The lowest BCUT2D eigenvalue weighted by Gasteiger charge is -2.34. The lowest BCUT2D eigenvalue weighted by Crippen LogP contribution is -2.36. The summed E-state index contributed by atoms with van der Waals surface area (Å²) in [5.41, 5.74) is 4.22. The molecule has 5 heteroatoms. The summed E-state index contributed by atoms with van der Waals surface area (Å²) >= 11 is 0. The van der Waals surface area contributed by atoms with E-state index >= 15 is 0 Å². The Morgan fingerprint density at radius 1 is 0.921 bits per heavy atom. The van der Waals surface area contributed by atoms with Gasteiger partial charge in [-0.25, -0.2) is 9.78 Å². The Morgan fingerprint density at radius 3 is 2.45 bits per heavy atom. The Bertz CT molecular complexity index is 1630. The van der Waals surface area contributed by atoms with E-state index in [4.69, 9.17) is 9.72 Å². The van der Waals surface area contributed by atoms with E-state index in [0.717, 1.165) is 45.5 Å². The topological polar surface area (TPSA) is 55.6 Å². The maximum atomic E-state index is 13.2. The molecule has 0 radical (unpaired) electrons. The van der Waals surface area contributed by atoms with Gasteiger partial charge in [-0.3, -0.25) is 4.40 Å². The van der Waals surface area contributed by atoms with Crippen LogP contribution in [0.15, 0.2) is 85.1 Å². The van der Waals surface area contributed by atoms with Gasteiger partial charge >= 0.3 is 5.97 Å². The molecule has 0 spiro atoms. The van der Waals surface area contributed by atoms with Gasteiger partial charge in [-0.15, -0.1) is 0 Å². The summed E-state index contributed by atoms with van der Waals surface area (Å²) in [7, 11) is 0. The molecule has 5 rings (SSSR count). The number of nitrogens with one attached hydrogen (secondary N) is 1. The number of rotatable bonds is 6. The van der Waals surface area contributed by atoms with Gasteiger partial charge in [-0.2, -0.15) is 0 Å². The third-order valence-electron chi connectivity index (χ3n) is 6.60. The van der Waals surface area contributed by atoms with Gasteiger partial charge in [0.1, 0.15) is 22.9 Å². The van der Waals surface area contributed by atoms with Crippen molar-refractivity contribution < 1.29 is 9.53 Å². The molecule has 0 bridgehead atoms. The van der Waals surface area contributed by atoms with Gasteiger partial charge in [-0.05, 0) is 73.2 Å². The second-order valence-corrected chi connectivity index (χ2v) is 11.9. The van der Waals surface area contributed by atoms with Crippen molar-refractivity contribution in [1.29, 1.82) is 0 Å². The highest BCUT2D eigenvalue weighted by atomic mass is 16.5. The molecule has 194 valence electrons. The molecule has 1 N–H and O–H groups in total. The van der Waals surface area contributed by atoms with E-state index in [1.807, 2.05) is 72.9 Å². The first-order valence-corrected chi connectivity index (χ1v) is 13.1. The molecule has 5 aromatic rings. The number of hydrogen-bond donors (Lipinski definition) is 1. The predicted octanol–water partition coefficient (Wildman–Crippen LogP) is 8.31. The average Bonchev–Trinajstić information content (AvgIpc) is 3.21. The van der Waals surface area contributed by atoms with Crippen LogP contribution in [0.5, 0.6) is 5.75 Å². The fourth-order valence-corrected chi connectivity index (χ4v) is 5.49. The summed E-state index contributed by atoms with van der Waals surface area (Å²) in [6.07, 6.45) is 3.01. The van der Waals surface area contributed by atoms with Crippen molar-refractivity contribution in [2.24, 2.45) is 5.41 Å². The summed E-state index contributed by atoms with van der Waals surface area (Å²) in [6, 6.07) is 25.2. The van der Waals surface area contributed by atoms with E-state index in [2.05, 4.69) is 57.3 Å². The summed E-state index contributed by atoms with van der Waals surface area (Å²) < 4.78 is 8.00. The molecule has 0 aliphatic rings. The van der Waals surface area contributed by atoms with Crippen LogP contribution >= 0.6 is 0 Å². The second-order valence-electron chi connectivity index (χ2n) is 11.9. The van der Waals surface area contributed by atoms with Gasteiger partial charge < -0.3 is 10.1 Å². The molecular formula is C33H35N3O2. The Labute approximate surface area is 224 Å². The van der Waals surface area contributed by atoms with Crippen LogP contribution in [-0.2, 0) is 0 Å². The van der Waals surface area contributed by atoms with Crippen molar-refractivity contribution in [3.05, 3.63) is 96.2 Å². The molecule has 0 saturated carbocycles. The van der Waals surface area contributed by atoms with Gasteiger partial charge in [0.2, 0.25) is 0 Å². The summed E-state index contributed by atoms with van der Waals surface area (Å²) in [5.74, 6) is 1.03. The van der Waals surface area contributed by atoms with Crippen molar-refractivity contribution in [1.82, 2.24) is 9.38 Å². The summed E-state index contributed by atoms with van der Waals surface area (Å²) in [6.45, 7) is 13.3. The molecule has 0 fully saturated rings. The van der Waals surface area contributed by atoms with Crippen molar-refractivity contribution in [3.63, 3.8) is 0 Å². The predicted molar refractivity (Wildman–Crippen MR) is 156 cm³/mol. The van der Waals surface area contributed by atoms with Gasteiger partial charge in [0, 0.05) is 17.3 Å². The molecule has 0 saturated heterocycles. The Hall–Kier alpha value is -4.12. The normalized spacial score (nSPS) is 12.2. The minimum Gasteiger partial charge on any atom is -0.423 e. The first-order chi connectivity index (χ1) is 18.0. The zero-order valence-electron chi connectivity index (χ0n) is 23.0. The number of nitrogens with zero attached hydrogens (tertiary/aromatic N) is 2. The third-order valence-corrected chi connectivity index (χ3v) is 6.60. The molecule has 0 amide bonds. The van der Waals surface area contributed by atoms with E-state index in [0.29, 0.717) is 11.3 Å². The number of pyridine rings is 1. The van der Waals surface area contributed by atoms with E-state index in [9.17, 15) is 4.79 Å². The quantitative estimate of drug-likeness (QED) is 0.186. The summed E-state index contributed by atoms with van der Waals surface area (Å²) in [5, 5.41) is 5.67. The van der Waals surface area contributed by atoms with E-state index < -0.39 is 0 Å². The molecule has 0 unspecified atom stereocenters. The van der Waals surface area contributed by atoms with Gasteiger partial charge in [0.05, 0.1) is 5.56 Å². The number of benzene rings is 3. The fourth-order valence-electron chi connectivity index (χ4n) is 5.49. The smallest absolute Gasteiger partial charge is 0.344 e. The Morgan fingerprint density at radius 2 is 1.66 bits per heavy atom. The highest BCUT2D eigenvalue weighted by Crippen LogP contribution is 2.36. The van der Waals surface area contributed by atoms with Crippen molar-refractivity contribution >= 4 is 28.2 Å². The van der Waals surface area contributed by atoms with Crippen LogP contribution in [0.3, 0.4) is 0 Å². The van der Waals surface area contributed by atoms with Crippen LogP contribution < -0.4 is 10.1 Å². The van der Waals surface area contributed by atoms with Crippen molar-refractivity contribution in [3.8, 4) is 17.0 Å². The molecule has 2 heterocycles. The summed E-state index contributed by atoms with van der Waals surface area (Å²) in [4.78, 5) is 18.2. The van der Waals surface area contributed by atoms with Gasteiger partial charge in [0.25, 0.3) is 0 Å². The maximum absolute atomic E-state index is 13.2. The molecular weight excluding hydrogens is 470 g/mol. The average molecular weight is 506 g/mol. The standard InChI is InChI=1S/C33H35N3O2/c1-22-12-11-19-36-29(22)34-28(30(36)35-33(5,6)21-32(2,3)4)24-15-9-16-25(20-24)38-31(37)27-18-10-14-23-13-7-8-17-26(23)27/h7-20,35H,21H2,1-6H3. The number of imidazole rings is 1. The number of aromatic nitrogens is 2. The lowest BCUT2D eigenvalue weighted by atomic mass is 9.82. The molecule has 5 nitrogen and oxygen atoms in total. The SMILES string of the molecule is Cc1cccn2c(NC(C)(C)CC(C)(C)C)c(-c3cccc(OC(=O)c4cccc5ccccc45)c3)nc12. The van der Waals surface area contributed by atoms with Crippen molar-refractivity contribution in [2.45, 2.75) is 53.5 Å². The minimum absolute atomic E-state index is 0.156. The van der Waals surface area contributed by atoms with Crippen molar-refractivity contribution in [2.75, 3.05) is 5.32 Å². The molecule has 0 aliphatic heterocycles. The first kappa shape index (κ1) is 25.5. The third kappa shape index (κ3) is 5.28. The number of carbonyl (C=O) groups is 1. The highest BCUT2D eigenvalue weighted by Gasteiger charge is 2.28. The van der Waals surface area contributed by atoms with Crippen LogP contribution in [0.25, 0.3) is 27.7 Å². The Kier molecular flexibility index (Phi) is 6.47. The van der Waals surface area contributed by atoms with E-state index in [1.54, 1.807) is 6.07 Å². The first-order valence-electron chi connectivity index (χ1n) is 13.1. The zero-order chi connectivity index (χ0) is 27.1. The fraction of sp³-hybridized carbons (Fsp3) is 0.273. The number of anilines is 1. The number of hydrogen-bond acceptors (Lipinski definition) is 4. The molecule has 3 aromatic carbocycles. The van der Waals surface area contributed by atoms with Crippen LogP contribution in [-0.4, -0.2) is 20.9 Å².